The van der Waals surface area contributed by atoms with E-state index < -0.39 is 5.97 Å². The second kappa shape index (κ2) is 6.47. The molecule has 2 N–H and O–H groups in total. The molecule has 1 aliphatic rings. The summed E-state index contributed by atoms with van der Waals surface area (Å²) in [4.78, 5) is 26.4. The van der Waals surface area contributed by atoms with Crippen molar-refractivity contribution < 1.29 is 19.8 Å². The van der Waals surface area contributed by atoms with Crippen molar-refractivity contribution in [3.05, 3.63) is 24.3 Å². The summed E-state index contributed by atoms with van der Waals surface area (Å²) >= 11 is 0. The lowest BCUT2D eigenvalue weighted by Gasteiger charge is -2.34. The van der Waals surface area contributed by atoms with Gasteiger partial charge in [-0.25, -0.2) is 4.79 Å². The number of carbonyl (C=O) groups excluding carboxylic acids is 1. The van der Waals surface area contributed by atoms with Gasteiger partial charge >= 0.3 is 12.0 Å². The van der Waals surface area contributed by atoms with Crippen LogP contribution in [0.1, 0.15) is 19.3 Å². The highest BCUT2D eigenvalue weighted by molar-refractivity contribution is 5.91. The molecule has 0 aromatic heterocycles. The van der Waals surface area contributed by atoms with Crippen LogP contribution in [0.3, 0.4) is 0 Å². The maximum atomic E-state index is 12.4. The van der Waals surface area contributed by atoms with Crippen LogP contribution in [-0.2, 0) is 4.79 Å². The smallest absolute Gasteiger partial charge is 0.324 e. The maximum Gasteiger partial charge on any atom is 0.324 e. The number of urea groups is 1. The summed E-state index contributed by atoms with van der Waals surface area (Å²) in [5, 5.41) is 18.1. The Balaban J connectivity index is 1.92. The number of aromatic hydroxyl groups is 1. The molecule has 2 amide bonds. The number of amides is 2. The average Bonchev–Trinajstić information content (AvgIpc) is 2.47. The molecule has 0 radical (unpaired) electrons. The van der Waals surface area contributed by atoms with Crippen LogP contribution in [0.4, 0.5) is 10.5 Å². The fourth-order valence-electron chi connectivity index (χ4n) is 2.57. The first-order valence-corrected chi connectivity index (χ1v) is 7.01. The fourth-order valence-corrected chi connectivity index (χ4v) is 2.57. The van der Waals surface area contributed by atoms with Crippen molar-refractivity contribution in [2.45, 2.75) is 19.3 Å². The molecule has 1 aromatic carbocycles. The fraction of sp³-hybridized carbons (Fsp3) is 0.467. The topological polar surface area (TPSA) is 81.1 Å². The Bertz CT molecular complexity index is 507. The summed E-state index contributed by atoms with van der Waals surface area (Å²) in [6.45, 7) is 1.17. The predicted molar refractivity (Wildman–Crippen MR) is 78.5 cm³/mol. The zero-order chi connectivity index (χ0) is 15.4. The number of aliphatic carboxylic acids is 1. The molecular weight excluding hydrogens is 272 g/mol. The molecular formula is C15H20N2O4. The average molecular weight is 292 g/mol. The first kappa shape index (κ1) is 15.2. The van der Waals surface area contributed by atoms with Crippen LogP contribution >= 0.6 is 0 Å². The minimum Gasteiger partial charge on any atom is -0.508 e. The summed E-state index contributed by atoms with van der Waals surface area (Å²) in [6, 6.07) is 6.35. The van der Waals surface area contributed by atoms with Crippen molar-refractivity contribution in [1.82, 2.24) is 4.90 Å². The van der Waals surface area contributed by atoms with Crippen molar-refractivity contribution in [2.24, 2.45) is 5.92 Å². The number of rotatable bonds is 3. The Morgan fingerprint density at radius 1 is 1.24 bits per heavy atom. The third kappa shape index (κ3) is 3.87. The molecule has 1 aliphatic heterocycles. The Morgan fingerprint density at radius 3 is 2.33 bits per heavy atom. The quantitative estimate of drug-likeness (QED) is 0.894. The summed E-state index contributed by atoms with van der Waals surface area (Å²) in [6.07, 6.45) is 1.62. The van der Waals surface area contributed by atoms with Crippen molar-refractivity contribution >= 4 is 17.7 Å². The van der Waals surface area contributed by atoms with Gasteiger partial charge < -0.3 is 15.1 Å². The molecule has 0 spiro atoms. The number of carboxylic acids is 1. The zero-order valence-corrected chi connectivity index (χ0v) is 12.0. The van der Waals surface area contributed by atoms with Crippen molar-refractivity contribution in [2.75, 3.05) is 25.0 Å². The summed E-state index contributed by atoms with van der Waals surface area (Å²) in [5.41, 5.74) is 0.713. The molecule has 0 unspecified atom stereocenters. The summed E-state index contributed by atoms with van der Waals surface area (Å²) in [5.74, 6) is -0.458. The number of phenolic OH excluding ortho intramolecular Hbond substituents is 1. The summed E-state index contributed by atoms with van der Waals surface area (Å²) in [7, 11) is 1.69. The van der Waals surface area contributed by atoms with Crippen molar-refractivity contribution in [3.63, 3.8) is 0 Å². The van der Waals surface area contributed by atoms with Gasteiger partial charge in [-0.15, -0.1) is 0 Å². The van der Waals surface area contributed by atoms with E-state index in [4.69, 9.17) is 5.11 Å². The van der Waals surface area contributed by atoms with E-state index in [9.17, 15) is 14.7 Å². The SMILES string of the molecule is CN(C(=O)N1CCC(CC(=O)O)CC1)c1ccc(O)cc1. The van der Waals surface area contributed by atoms with Crippen LogP contribution < -0.4 is 4.90 Å². The zero-order valence-electron chi connectivity index (χ0n) is 12.0. The molecule has 1 aromatic rings. The Hall–Kier alpha value is -2.24. The van der Waals surface area contributed by atoms with Gasteiger partial charge in [0.2, 0.25) is 0 Å². The van der Waals surface area contributed by atoms with Gasteiger partial charge in [0.15, 0.2) is 0 Å². The third-order valence-electron chi connectivity index (χ3n) is 3.87. The number of carboxylic acid groups (broad SMARTS) is 1. The number of hydrogen-bond donors (Lipinski definition) is 2. The van der Waals surface area contributed by atoms with Crippen LogP contribution in [0, 0.1) is 5.92 Å². The van der Waals surface area contributed by atoms with Gasteiger partial charge in [-0.2, -0.15) is 0 Å². The van der Waals surface area contributed by atoms with Gasteiger partial charge in [-0.05, 0) is 43.0 Å². The van der Waals surface area contributed by atoms with E-state index in [2.05, 4.69) is 0 Å². The van der Waals surface area contributed by atoms with E-state index in [0.717, 1.165) is 12.8 Å². The Labute approximate surface area is 123 Å². The molecule has 6 heteroatoms. The molecule has 1 saturated heterocycles. The second-order valence-corrected chi connectivity index (χ2v) is 5.39. The lowest BCUT2D eigenvalue weighted by atomic mass is 9.94. The molecule has 1 heterocycles. The van der Waals surface area contributed by atoms with Gasteiger partial charge in [-0.1, -0.05) is 0 Å². The number of anilines is 1. The highest BCUT2D eigenvalue weighted by Gasteiger charge is 2.26. The second-order valence-electron chi connectivity index (χ2n) is 5.39. The first-order chi connectivity index (χ1) is 9.97. The van der Waals surface area contributed by atoms with Gasteiger partial charge in [0, 0.05) is 32.2 Å². The minimum absolute atomic E-state index is 0.102. The van der Waals surface area contributed by atoms with E-state index >= 15 is 0 Å². The lowest BCUT2D eigenvalue weighted by Crippen LogP contribution is -2.45. The summed E-state index contributed by atoms with van der Waals surface area (Å²) < 4.78 is 0. The van der Waals surface area contributed by atoms with Gasteiger partial charge in [0.05, 0.1) is 0 Å². The van der Waals surface area contributed by atoms with Gasteiger partial charge in [-0.3, -0.25) is 9.69 Å². The van der Waals surface area contributed by atoms with Gasteiger partial charge in [0.1, 0.15) is 5.75 Å². The third-order valence-corrected chi connectivity index (χ3v) is 3.87. The molecule has 0 aliphatic carbocycles. The van der Waals surface area contributed by atoms with E-state index in [1.54, 1.807) is 24.1 Å². The normalized spacial score (nSPS) is 15.8. The highest BCUT2D eigenvalue weighted by Crippen LogP contribution is 2.23. The van der Waals surface area contributed by atoms with Crippen LogP contribution in [-0.4, -0.2) is 47.3 Å². The Morgan fingerprint density at radius 2 is 1.81 bits per heavy atom. The number of benzene rings is 1. The molecule has 21 heavy (non-hydrogen) atoms. The predicted octanol–water partition coefficient (Wildman–Crippen LogP) is 2.14. The van der Waals surface area contributed by atoms with E-state index in [1.165, 1.54) is 17.0 Å². The minimum atomic E-state index is -0.777. The van der Waals surface area contributed by atoms with E-state index in [1.807, 2.05) is 0 Å². The number of likely N-dealkylation sites (tertiary alicyclic amines) is 1. The monoisotopic (exact) mass is 292 g/mol. The lowest BCUT2D eigenvalue weighted by molar-refractivity contribution is -0.138. The molecule has 6 nitrogen and oxygen atoms in total. The number of carbonyl (C=O) groups is 2. The van der Waals surface area contributed by atoms with E-state index in [0.29, 0.717) is 18.8 Å². The first-order valence-electron chi connectivity index (χ1n) is 7.01. The van der Waals surface area contributed by atoms with Crippen LogP contribution in [0.25, 0.3) is 0 Å². The molecule has 0 saturated carbocycles. The Kier molecular flexibility index (Phi) is 4.67. The van der Waals surface area contributed by atoms with Crippen LogP contribution in [0.15, 0.2) is 24.3 Å². The van der Waals surface area contributed by atoms with Crippen LogP contribution in [0.5, 0.6) is 5.75 Å². The largest absolute Gasteiger partial charge is 0.508 e. The standard InChI is InChI=1S/C15H20N2O4/c1-16(12-2-4-13(18)5-3-12)15(21)17-8-6-11(7-9-17)10-14(19)20/h2-5,11,18H,6-10H2,1H3,(H,19,20). The number of hydrogen-bond acceptors (Lipinski definition) is 3. The maximum absolute atomic E-state index is 12.4. The van der Waals surface area contributed by atoms with Crippen LogP contribution in [0.2, 0.25) is 0 Å². The highest BCUT2D eigenvalue weighted by atomic mass is 16.4. The number of phenols is 1. The molecule has 2 rings (SSSR count). The molecule has 1 fully saturated rings. The van der Waals surface area contributed by atoms with E-state index in [-0.39, 0.29) is 24.1 Å². The molecule has 0 bridgehead atoms. The van der Waals surface area contributed by atoms with Crippen molar-refractivity contribution in [3.8, 4) is 5.75 Å². The molecule has 0 atom stereocenters. The number of nitrogens with zero attached hydrogens (tertiary/aromatic N) is 2. The number of piperidine rings is 1. The van der Waals surface area contributed by atoms with Gasteiger partial charge in [0.25, 0.3) is 0 Å². The van der Waals surface area contributed by atoms with Crippen molar-refractivity contribution in [1.29, 1.82) is 0 Å². The molecule has 114 valence electrons.